The Hall–Kier alpha value is -0.860. The summed E-state index contributed by atoms with van der Waals surface area (Å²) in [6.07, 6.45) is 2.24. The second-order valence-electron chi connectivity index (χ2n) is 5.29. The van der Waals surface area contributed by atoms with Gasteiger partial charge in [-0.3, -0.25) is 4.90 Å². The minimum atomic E-state index is 0.224. The fourth-order valence-corrected chi connectivity index (χ4v) is 2.52. The summed E-state index contributed by atoms with van der Waals surface area (Å²) in [5, 5.41) is 0. The molecular weight excluding hydrogens is 196 g/mol. The average Bonchev–Trinajstić information content (AvgIpc) is 2.28. The minimum absolute atomic E-state index is 0.224. The van der Waals surface area contributed by atoms with Gasteiger partial charge in [-0.2, -0.15) is 0 Å². The number of nitrogens with zero attached hydrogens (tertiary/aromatic N) is 1. The van der Waals surface area contributed by atoms with Crippen molar-refractivity contribution in [3.8, 4) is 0 Å². The lowest BCUT2D eigenvalue weighted by Gasteiger charge is -2.41. The highest BCUT2D eigenvalue weighted by molar-refractivity contribution is 5.29. The Morgan fingerprint density at radius 2 is 1.94 bits per heavy atom. The van der Waals surface area contributed by atoms with Crippen LogP contribution in [-0.4, -0.2) is 23.5 Å². The number of rotatable bonds is 3. The number of benzene rings is 1. The topological polar surface area (TPSA) is 29.3 Å². The second-order valence-corrected chi connectivity index (χ2v) is 5.29. The van der Waals surface area contributed by atoms with E-state index in [4.69, 9.17) is 5.73 Å². The number of nitrogens with two attached hydrogens (primary N) is 1. The predicted molar refractivity (Wildman–Crippen MR) is 68.3 cm³/mol. The zero-order valence-electron chi connectivity index (χ0n) is 10.4. The van der Waals surface area contributed by atoms with E-state index in [-0.39, 0.29) is 5.54 Å². The lowest BCUT2D eigenvalue weighted by Crippen LogP contribution is -2.47. The maximum Gasteiger partial charge on any atom is 0.0241 e. The largest absolute Gasteiger partial charge is 0.330 e. The van der Waals surface area contributed by atoms with Gasteiger partial charge in [0.25, 0.3) is 0 Å². The Morgan fingerprint density at radius 3 is 2.62 bits per heavy atom. The predicted octanol–water partition coefficient (Wildman–Crippen LogP) is 2.17. The van der Waals surface area contributed by atoms with Crippen molar-refractivity contribution in [2.24, 2.45) is 5.73 Å². The summed E-state index contributed by atoms with van der Waals surface area (Å²) >= 11 is 0. The number of fused-ring (bicyclic) bond motifs is 1. The highest BCUT2D eigenvalue weighted by Gasteiger charge is 2.28. The molecule has 0 atom stereocenters. The van der Waals surface area contributed by atoms with Gasteiger partial charge in [0.15, 0.2) is 0 Å². The monoisotopic (exact) mass is 218 g/mol. The molecule has 0 amide bonds. The molecule has 2 heteroatoms. The van der Waals surface area contributed by atoms with Gasteiger partial charge in [-0.05, 0) is 44.4 Å². The Morgan fingerprint density at radius 1 is 1.25 bits per heavy atom. The second kappa shape index (κ2) is 4.56. The van der Waals surface area contributed by atoms with E-state index >= 15 is 0 Å². The summed E-state index contributed by atoms with van der Waals surface area (Å²) in [4.78, 5) is 2.56. The van der Waals surface area contributed by atoms with Gasteiger partial charge in [0, 0.05) is 18.6 Å². The molecule has 1 aromatic rings. The van der Waals surface area contributed by atoms with E-state index in [2.05, 4.69) is 43.0 Å². The van der Waals surface area contributed by atoms with Gasteiger partial charge < -0.3 is 5.73 Å². The van der Waals surface area contributed by atoms with Crippen molar-refractivity contribution in [1.29, 1.82) is 0 Å². The van der Waals surface area contributed by atoms with E-state index in [1.54, 1.807) is 0 Å². The molecule has 0 fully saturated rings. The molecule has 0 radical (unpaired) electrons. The fraction of sp³-hybridized carbons (Fsp3) is 0.571. The highest BCUT2D eigenvalue weighted by atomic mass is 15.2. The van der Waals surface area contributed by atoms with Crippen LogP contribution in [0, 0.1) is 0 Å². The van der Waals surface area contributed by atoms with Crippen LogP contribution in [0.15, 0.2) is 24.3 Å². The highest BCUT2D eigenvalue weighted by Crippen LogP contribution is 2.26. The molecule has 0 aliphatic carbocycles. The molecule has 1 aliphatic rings. The van der Waals surface area contributed by atoms with Gasteiger partial charge in [-0.25, -0.2) is 0 Å². The molecule has 1 heterocycles. The maximum absolute atomic E-state index is 5.69. The molecule has 0 bridgehead atoms. The van der Waals surface area contributed by atoms with Gasteiger partial charge in [-0.15, -0.1) is 0 Å². The van der Waals surface area contributed by atoms with E-state index in [0.717, 1.165) is 26.1 Å². The normalized spacial score (nSPS) is 17.2. The number of hydrogen-bond donors (Lipinski definition) is 1. The molecule has 0 saturated carbocycles. The Balaban J connectivity index is 2.13. The third-order valence-corrected chi connectivity index (χ3v) is 3.74. The summed E-state index contributed by atoms with van der Waals surface area (Å²) < 4.78 is 0. The van der Waals surface area contributed by atoms with Gasteiger partial charge in [0.1, 0.15) is 0 Å². The minimum Gasteiger partial charge on any atom is -0.330 e. The molecule has 2 rings (SSSR count). The van der Waals surface area contributed by atoms with Crippen molar-refractivity contribution in [1.82, 2.24) is 4.90 Å². The van der Waals surface area contributed by atoms with Crippen LogP contribution in [0.5, 0.6) is 0 Å². The first-order chi connectivity index (χ1) is 7.63. The fourth-order valence-electron chi connectivity index (χ4n) is 2.52. The molecule has 0 saturated heterocycles. The first kappa shape index (κ1) is 11.6. The molecule has 2 N–H and O–H groups in total. The number of hydrogen-bond acceptors (Lipinski definition) is 2. The lowest BCUT2D eigenvalue weighted by molar-refractivity contribution is 0.0981. The van der Waals surface area contributed by atoms with Gasteiger partial charge in [0.2, 0.25) is 0 Å². The van der Waals surface area contributed by atoms with Crippen LogP contribution < -0.4 is 5.73 Å². The smallest absolute Gasteiger partial charge is 0.0241 e. The van der Waals surface area contributed by atoms with Crippen molar-refractivity contribution in [3.05, 3.63) is 35.4 Å². The quantitative estimate of drug-likeness (QED) is 0.842. The summed E-state index contributed by atoms with van der Waals surface area (Å²) in [7, 11) is 0. The van der Waals surface area contributed by atoms with Crippen LogP contribution in [-0.2, 0) is 13.0 Å². The molecule has 1 aromatic carbocycles. The Bertz CT molecular complexity index is 358. The van der Waals surface area contributed by atoms with Crippen molar-refractivity contribution >= 4 is 0 Å². The van der Waals surface area contributed by atoms with Crippen LogP contribution in [0.2, 0.25) is 0 Å². The Kier molecular flexibility index (Phi) is 3.31. The molecule has 2 nitrogen and oxygen atoms in total. The zero-order valence-corrected chi connectivity index (χ0v) is 10.4. The first-order valence-electron chi connectivity index (χ1n) is 6.15. The van der Waals surface area contributed by atoms with E-state index in [1.165, 1.54) is 17.5 Å². The SMILES string of the molecule is CC(C)(CCN)N1CCc2ccccc2C1. The molecule has 0 spiro atoms. The summed E-state index contributed by atoms with van der Waals surface area (Å²) in [5.74, 6) is 0. The molecule has 16 heavy (non-hydrogen) atoms. The van der Waals surface area contributed by atoms with Crippen LogP contribution in [0.1, 0.15) is 31.4 Å². The zero-order chi connectivity index (χ0) is 11.6. The van der Waals surface area contributed by atoms with E-state index in [9.17, 15) is 0 Å². The first-order valence-corrected chi connectivity index (χ1v) is 6.15. The summed E-state index contributed by atoms with van der Waals surface area (Å²) in [6.45, 7) is 7.60. The van der Waals surface area contributed by atoms with Crippen LogP contribution in [0.3, 0.4) is 0 Å². The lowest BCUT2D eigenvalue weighted by atomic mass is 9.92. The van der Waals surface area contributed by atoms with Crippen molar-refractivity contribution < 1.29 is 0 Å². The molecule has 1 aliphatic heterocycles. The molecule has 0 aromatic heterocycles. The Labute approximate surface area is 98.4 Å². The van der Waals surface area contributed by atoms with E-state index in [1.807, 2.05) is 0 Å². The van der Waals surface area contributed by atoms with Crippen LogP contribution in [0.4, 0.5) is 0 Å². The van der Waals surface area contributed by atoms with Gasteiger partial charge in [0.05, 0.1) is 0 Å². The standard InChI is InChI=1S/C14H22N2/c1-14(2,8-9-15)16-10-7-12-5-3-4-6-13(12)11-16/h3-6H,7-11,15H2,1-2H3. The van der Waals surface area contributed by atoms with E-state index < -0.39 is 0 Å². The molecular formula is C14H22N2. The van der Waals surface area contributed by atoms with Gasteiger partial charge in [-0.1, -0.05) is 24.3 Å². The van der Waals surface area contributed by atoms with Crippen molar-refractivity contribution in [2.45, 2.75) is 38.8 Å². The molecule has 0 unspecified atom stereocenters. The average molecular weight is 218 g/mol. The van der Waals surface area contributed by atoms with Crippen LogP contribution >= 0.6 is 0 Å². The summed E-state index contributed by atoms with van der Waals surface area (Å²) in [5.41, 5.74) is 8.91. The van der Waals surface area contributed by atoms with E-state index in [0.29, 0.717) is 0 Å². The third kappa shape index (κ3) is 2.28. The van der Waals surface area contributed by atoms with Crippen molar-refractivity contribution in [2.75, 3.05) is 13.1 Å². The molecule has 88 valence electrons. The maximum atomic E-state index is 5.69. The summed E-state index contributed by atoms with van der Waals surface area (Å²) in [6, 6.07) is 8.78. The van der Waals surface area contributed by atoms with Gasteiger partial charge >= 0.3 is 0 Å². The third-order valence-electron chi connectivity index (χ3n) is 3.74. The van der Waals surface area contributed by atoms with Crippen molar-refractivity contribution in [3.63, 3.8) is 0 Å². The van der Waals surface area contributed by atoms with Crippen LogP contribution in [0.25, 0.3) is 0 Å².